The number of hydrogen-bond acceptors (Lipinski definition) is 3. The van der Waals surface area contributed by atoms with Crippen LogP contribution in [0.25, 0.3) is 21.8 Å². The smallest absolute Gasteiger partial charge is 0.340 e. The van der Waals surface area contributed by atoms with E-state index < -0.39 is 0 Å². The number of nitrogens with zero attached hydrogens (tertiary/aromatic N) is 1. The zero-order chi connectivity index (χ0) is 17.0. The lowest BCUT2D eigenvalue weighted by Gasteiger charge is -2.11. The van der Waals surface area contributed by atoms with Gasteiger partial charge in [-0.25, -0.2) is 4.79 Å². The van der Waals surface area contributed by atoms with Crippen LogP contribution in [-0.2, 0) is 24.6 Å². The van der Waals surface area contributed by atoms with Gasteiger partial charge in [0.05, 0.1) is 23.2 Å². The Morgan fingerprint density at radius 1 is 1.38 bits per heavy atom. The largest absolute Gasteiger partial charge is 0.506 e. The van der Waals surface area contributed by atoms with Gasteiger partial charge >= 0.3 is 5.97 Å². The average Bonchev–Trinajstić information content (AvgIpc) is 3.05. The minimum Gasteiger partial charge on any atom is -0.506 e. The van der Waals surface area contributed by atoms with Gasteiger partial charge < -0.3 is 19.4 Å². The van der Waals surface area contributed by atoms with Gasteiger partial charge in [-0.15, -0.1) is 0 Å². The lowest BCUT2D eigenvalue weighted by molar-refractivity contribution is 0.0527. The van der Waals surface area contributed by atoms with Crippen molar-refractivity contribution >= 4 is 27.8 Å². The standard InChI is InChI=1S/C19H22N2O3/c1-4-24-19(23)15-10(2)21(3)18-12(15)9-14(22)17-16(18)11-7-5-6-8-13(11)20-17/h9,20,22H,4-8H2,1-3H3. The highest BCUT2D eigenvalue weighted by molar-refractivity contribution is 6.17. The molecule has 0 fully saturated rings. The Balaban J connectivity index is 2.14. The number of hydrogen-bond donors (Lipinski definition) is 2. The van der Waals surface area contributed by atoms with Gasteiger partial charge in [0, 0.05) is 29.2 Å². The van der Waals surface area contributed by atoms with Gasteiger partial charge in [-0.3, -0.25) is 0 Å². The van der Waals surface area contributed by atoms with Crippen molar-refractivity contribution in [1.29, 1.82) is 0 Å². The summed E-state index contributed by atoms with van der Waals surface area (Å²) in [6, 6.07) is 1.69. The first-order chi connectivity index (χ1) is 11.5. The topological polar surface area (TPSA) is 67.2 Å². The maximum atomic E-state index is 12.4. The molecule has 126 valence electrons. The molecule has 3 aromatic rings. The summed E-state index contributed by atoms with van der Waals surface area (Å²) in [5, 5.41) is 12.4. The third-order valence-corrected chi connectivity index (χ3v) is 5.27. The first-order valence-electron chi connectivity index (χ1n) is 8.56. The normalized spacial score (nSPS) is 14.3. The van der Waals surface area contributed by atoms with Crippen LogP contribution in [0.3, 0.4) is 0 Å². The van der Waals surface area contributed by atoms with Crippen LogP contribution in [0.15, 0.2) is 6.07 Å². The van der Waals surface area contributed by atoms with Gasteiger partial charge in [-0.1, -0.05) is 0 Å². The number of esters is 1. The Morgan fingerprint density at radius 2 is 2.12 bits per heavy atom. The van der Waals surface area contributed by atoms with E-state index in [2.05, 4.69) is 4.98 Å². The molecule has 24 heavy (non-hydrogen) atoms. The van der Waals surface area contributed by atoms with E-state index in [1.54, 1.807) is 13.0 Å². The molecule has 0 bridgehead atoms. The number of phenols is 1. The van der Waals surface area contributed by atoms with E-state index in [0.29, 0.717) is 12.2 Å². The Bertz CT molecular complexity index is 978. The molecule has 0 spiro atoms. The number of aromatic nitrogens is 2. The Kier molecular flexibility index (Phi) is 3.34. The van der Waals surface area contributed by atoms with Crippen LogP contribution in [-0.4, -0.2) is 27.2 Å². The fourth-order valence-corrected chi connectivity index (χ4v) is 4.08. The molecule has 2 N–H and O–H groups in total. The van der Waals surface area contributed by atoms with E-state index in [4.69, 9.17) is 4.74 Å². The van der Waals surface area contributed by atoms with Gasteiger partial charge in [0.2, 0.25) is 0 Å². The molecule has 1 aromatic carbocycles. The fraction of sp³-hybridized carbons (Fsp3) is 0.421. The number of aryl methyl sites for hydroxylation is 3. The van der Waals surface area contributed by atoms with Crippen LogP contribution in [0.2, 0.25) is 0 Å². The number of carbonyl (C=O) groups is 1. The minimum absolute atomic E-state index is 0.197. The quantitative estimate of drug-likeness (QED) is 0.705. The zero-order valence-electron chi connectivity index (χ0n) is 14.3. The molecule has 0 radical (unpaired) electrons. The number of carbonyl (C=O) groups excluding carboxylic acids is 1. The molecule has 0 saturated carbocycles. The molecule has 1 aliphatic carbocycles. The van der Waals surface area contributed by atoms with Crippen LogP contribution < -0.4 is 0 Å². The van der Waals surface area contributed by atoms with Crippen molar-refractivity contribution in [3.8, 4) is 5.75 Å². The summed E-state index contributed by atoms with van der Waals surface area (Å²) in [6.07, 6.45) is 4.35. The summed E-state index contributed by atoms with van der Waals surface area (Å²) in [5.41, 5.74) is 5.70. The van der Waals surface area contributed by atoms with Crippen molar-refractivity contribution in [2.45, 2.75) is 39.5 Å². The summed E-state index contributed by atoms with van der Waals surface area (Å²) in [7, 11) is 1.97. The number of aromatic hydroxyl groups is 1. The number of H-pyrrole nitrogens is 1. The molecular weight excluding hydrogens is 304 g/mol. The lowest BCUT2D eigenvalue weighted by Crippen LogP contribution is -2.06. The lowest BCUT2D eigenvalue weighted by atomic mass is 9.94. The molecule has 0 saturated heterocycles. The van der Waals surface area contributed by atoms with Crippen LogP contribution >= 0.6 is 0 Å². The third-order valence-electron chi connectivity index (χ3n) is 5.27. The predicted molar refractivity (Wildman–Crippen MR) is 93.8 cm³/mol. The number of phenolic OH excluding ortho intramolecular Hbond substituents is 1. The van der Waals surface area contributed by atoms with Crippen molar-refractivity contribution < 1.29 is 14.6 Å². The fourth-order valence-electron chi connectivity index (χ4n) is 4.08. The molecule has 1 aliphatic rings. The highest BCUT2D eigenvalue weighted by atomic mass is 16.5. The molecule has 5 nitrogen and oxygen atoms in total. The Labute approximate surface area is 140 Å². The number of ether oxygens (including phenoxy) is 1. The van der Waals surface area contributed by atoms with Crippen LogP contribution in [0, 0.1) is 6.92 Å². The first kappa shape index (κ1) is 15.1. The van der Waals surface area contributed by atoms with Crippen molar-refractivity contribution in [1.82, 2.24) is 9.55 Å². The van der Waals surface area contributed by atoms with Crippen LogP contribution in [0.4, 0.5) is 0 Å². The summed E-state index contributed by atoms with van der Waals surface area (Å²) in [6.45, 7) is 4.06. The molecule has 0 unspecified atom stereocenters. The van der Waals surface area contributed by atoms with Gasteiger partial charge in [-0.05, 0) is 51.2 Å². The second-order valence-corrected chi connectivity index (χ2v) is 6.57. The highest BCUT2D eigenvalue weighted by Gasteiger charge is 2.26. The highest BCUT2D eigenvalue weighted by Crippen LogP contribution is 2.41. The summed E-state index contributed by atoms with van der Waals surface area (Å²) in [5.74, 6) is -0.133. The molecule has 5 heteroatoms. The molecule has 4 rings (SSSR count). The number of benzene rings is 1. The van der Waals surface area contributed by atoms with Gasteiger partial charge in [-0.2, -0.15) is 0 Å². The second-order valence-electron chi connectivity index (χ2n) is 6.57. The Hall–Kier alpha value is -2.43. The molecular formula is C19H22N2O3. The third kappa shape index (κ3) is 1.90. The first-order valence-corrected chi connectivity index (χ1v) is 8.56. The number of fused-ring (bicyclic) bond motifs is 5. The summed E-state index contributed by atoms with van der Waals surface area (Å²) < 4.78 is 7.28. The van der Waals surface area contributed by atoms with E-state index in [1.807, 2.05) is 18.5 Å². The van der Waals surface area contributed by atoms with Crippen LogP contribution in [0.5, 0.6) is 5.75 Å². The molecule has 0 atom stereocenters. The van der Waals surface area contributed by atoms with Crippen molar-refractivity contribution in [2.24, 2.45) is 7.05 Å². The van der Waals surface area contributed by atoms with Gasteiger partial charge in [0.1, 0.15) is 5.75 Å². The molecule has 2 aromatic heterocycles. The average molecular weight is 326 g/mol. The van der Waals surface area contributed by atoms with E-state index >= 15 is 0 Å². The van der Waals surface area contributed by atoms with Crippen molar-refractivity contribution in [3.63, 3.8) is 0 Å². The predicted octanol–water partition coefficient (Wildman–Crippen LogP) is 3.73. The Morgan fingerprint density at radius 3 is 2.88 bits per heavy atom. The number of nitrogens with one attached hydrogen (secondary N) is 1. The number of rotatable bonds is 2. The summed E-state index contributed by atoms with van der Waals surface area (Å²) >= 11 is 0. The zero-order valence-corrected chi connectivity index (χ0v) is 14.3. The van der Waals surface area contributed by atoms with Crippen LogP contribution in [0.1, 0.15) is 47.1 Å². The monoisotopic (exact) mass is 326 g/mol. The van der Waals surface area contributed by atoms with Gasteiger partial charge in [0.25, 0.3) is 0 Å². The SMILES string of the molecule is CCOC(=O)c1c(C)n(C)c2c1cc(O)c1[nH]c3c(c12)CCCC3. The second kappa shape index (κ2) is 5.30. The van der Waals surface area contributed by atoms with Gasteiger partial charge in [0.15, 0.2) is 0 Å². The van der Waals surface area contributed by atoms with E-state index in [0.717, 1.165) is 46.8 Å². The molecule has 0 aliphatic heterocycles. The van der Waals surface area contributed by atoms with E-state index in [9.17, 15) is 9.90 Å². The molecule has 2 heterocycles. The number of aromatic amines is 1. The van der Waals surface area contributed by atoms with E-state index in [1.165, 1.54) is 17.7 Å². The maximum Gasteiger partial charge on any atom is 0.340 e. The van der Waals surface area contributed by atoms with Crippen molar-refractivity contribution in [3.05, 3.63) is 28.6 Å². The minimum atomic E-state index is -0.330. The molecule has 0 amide bonds. The van der Waals surface area contributed by atoms with Crippen molar-refractivity contribution in [2.75, 3.05) is 6.61 Å². The summed E-state index contributed by atoms with van der Waals surface area (Å²) in [4.78, 5) is 15.8. The maximum absolute atomic E-state index is 12.4. The van der Waals surface area contributed by atoms with E-state index in [-0.39, 0.29) is 11.7 Å².